The van der Waals surface area contributed by atoms with Crippen LogP contribution >= 0.6 is 0 Å². The molecule has 2 N–H and O–H groups in total. The van der Waals surface area contributed by atoms with Crippen molar-refractivity contribution in [2.24, 2.45) is 0 Å². The first-order chi connectivity index (χ1) is 16.5. The number of carbonyl (C=O) groups is 3. The van der Waals surface area contributed by atoms with Crippen molar-refractivity contribution in [3.8, 4) is 23.0 Å². The largest absolute Gasteiger partial charge is 0.493 e. The molecule has 1 aliphatic rings. The Morgan fingerprint density at radius 1 is 0.912 bits per heavy atom. The highest BCUT2D eigenvalue weighted by Crippen LogP contribution is 2.31. The van der Waals surface area contributed by atoms with Crippen molar-refractivity contribution in [1.82, 2.24) is 10.9 Å². The minimum absolute atomic E-state index is 0.0149. The topological polar surface area (TPSA) is 112 Å². The number of hydrogen-bond acceptors (Lipinski definition) is 7. The van der Waals surface area contributed by atoms with Crippen molar-refractivity contribution in [3.05, 3.63) is 47.5 Å². The van der Waals surface area contributed by atoms with E-state index >= 15 is 0 Å². The summed E-state index contributed by atoms with van der Waals surface area (Å²) in [4.78, 5) is 37.0. The van der Waals surface area contributed by atoms with Crippen LogP contribution in [0.4, 0.5) is 0 Å². The van der Waals surface area contributed by atoms with Crippen LogP contribution in [0.3, 0.4) is 0 Å². The second-order valence-corrected chi connectivity index (χ2v) is 7.71. The van der Waals surface area contributed by atoms with Crippen molar-refractivity contribution < 1.29 is 33.3 Å². The van der Waals surface area contributed by atoms with Crippen LogP contribution < -0.4 is 29.8 Å². The summed E-state index contributed by atoms with van der Waals surface area (Å²) < 4.78 is 22.1. The zero-order chi connectivity index (χ0) is 24.3. The molecule has 1 aliphatic heterocycles. The van der Waals surface area contributed by atoms with E-state index < -0.39 is 11.8 Å². The SMILES string of the molecule is CCCCOc1ccc(C(=O)NNC(=O)CCC(=O)c2ccc3c(c2)OCCCO3)cc1OC. The molecule has 2 aromatic rings. The quantitative estimate of drug-likeness (QED) is 0.311. The van der Waals surface area contributed by atoms with Gasteiger partial charge < -0.3 is 18.9 Å². The first-order valence-corrected chi connectivity index (χ1v) is 11.3. The summed E-state index contributed by atoms with van der Waals surface area (Å²) in [5.74, 6) is 0.897. The van der Waals surface area contributed by atoms with Crippen LogP contribution in [0, 0.1) is 0 Å². The van der Waals surface area contributed by atoms with E-state index in [2.05, 4.69) is 17.8 Å². The van der Waals surface area contributed by atoms with Crippen LogP contribution in [-0.2, 0) is 4.79 Å². The van der Waals surface area contributed by atoms with E-state index in [1.807, 2.05) is 0 Å². The molecular formula is C25H30N2O7. The van der Waals surface area contributed by atoms with E-state index in [9.17, 15) is 14.4 Å². The summed E-state index contributed by atoms with van der Waals surface area (Å²) in [5, 5.41) is 0. The second-order valence-electron chi connectivity index (χ2n) is 7.71. The molecule has 0 spiro atoms. The lowest BCUT2D eigenvalue weighted by atomic mass is 10.1. The number of methoxy groups -OCH3 is 1. The zero-order valence-corrected chi connectivity index (χ0v) is 19.5. The van der Waals surface area contributed by atoms with E-state index in [0.717, 1.165) is 19.3 Å². The van der Waals surface area contributed by atoms with E-state index in [1.165, 1.54) is 13.2 Å². The van der Waals surface area contributed by atoms with Gasteiger partial charge in [0.2, 0.25) is 5.91 Å². The summed E-state index contributed by atoms with van der Waals surface area (Å²) in [6.45, 7) is 3.71. The number of rotatable bonds is 10. The number of ether oxygens (including phenoxy) is 4. The molecule has 0 aliphatic carbocycles. The number of hydrazine groups is 1. The number of benzene rings is 2. The Kier molecular flexibility index (Phi) is 9.13. The average Bonchev–Trinajstić information content (AvgIpc) is 3.11. The fourth-order valence-electron chi connectivity index (χ4n) is 3.22. The highest BCUT2D eigenvalue weighted by molar-refractivity contribution is 5.99. The molecule has 0 unspecified atom stereocenters. The van der Waals surface area contributed by atoms with Crippen LogP contribution in [0.2, 0.25) is 0 Å². The third-order valence-corrected chi connectivity index (χ3v) is 5.15. The van der Waals surface area contributed by atoms with Gasteiger partial charge in [-0.2, -0.15) is 0 Å². The van der Waals surface area contributed by atoms with E-state index in [4.69, 9.17) is 18.9 Å². The van der Waals surface area contributed by atoms with E-state index in [0.29, 0.717) is 53.9 Å². The van der Waals surface area contributed by atoms with Crippen LogP contribution in [0.1, 0.15) is 59.7 Å². The summed E-state index contributed by atoms with van der Waals surface area (Å²) >= 11 is 0. The lowest BCUT2D eigenvalue weighted by Gasteiger charge is -2.12. The van der Waals surface area contributed by atoms with Gasteiger partial charge in [-0.1, -0.05) is 13.3 Å². The van der Waals surface area contributed by atoms with Crippen molar-refractivity contribution in [2.45, 2.75) is 39.0 Å². The molecule has 0 saturated carbocycles. The summed E-state index contributed by atoms with van der Waals surface area (Å²) in [5.41, 5.74) is 5.42. The maximum atomic E-state index is 12.5. The number of Topliss-reactive ketones (excluding diaryl/α,β-unsaturated/α-hetero) is 1. The molecule has 9 nitrogen and oxygen atoms in total. The molecule has 1 heterocycles. The summed E-state index contributed by atoms with van der Waals surface area (Å²) in [7, 11) is 1.49. The highest BCUT2D eigenvalue weighted by atomic mass is 16.5. The van der Waals surface area contributed by atoms with Crippen LogP contribution in [0.5, 0.6) is 23.0 Å². The number of fused-ring (bicyclic) bond motifs is 1. The Morgan fingerprint density at radius 2 is 1.68 bits per heavy atom. The van der Waals surface area contributed by atoms with Gasteiger partial charge in [0.1, 0.15) is 0 Å². The minimum atomic E-state index is -0.513. The zero-order valence-electron chi connectivity index (χ0n) is 19.5. The molecule has 0 atom stereocenters. The predicted molar refractivity (Wildman–Crippen MR) is 125 cm³/mol. The lowest BCUT2D eigenvalue weighted by Crippen LogP contribution is -2.41. The van der Waals surface area contributed by atoms with Gasteiger partial charge in [-0.15, -0.1) is 0 Å². The monoisotopic (exact) mass is 470 g/mol. The Hall–Kier alpha value is -3.75. The molecule has 0 aromatic heterocycles. The molecule has 0 saturated heterocycles. The van der Waals surface area contributed by atoms with Gasteiger partial charge in [0.25, 0.3) is 5.91 Å². The molecule has 0 radical (unpaired) electrons. The average molecular weight is 471 g/mol. The predicted octanol–water partition coefficient (Wildman–Crippen LogP) is 3.46. The van der Waals surface area contributed by atoms with Crippen LogP contribution in [-0.4, -0.2) is 44.5 Å². The Morgan fingerprint density at radius 3 is 2.44 bits per heavy atom. The first-order valence-electron chi connectivity index (χ1n) is 11.3. The number of unbranched alkanes of at least 4 members (excludes halogenated alkanes) is 1. The number of hydrogen-bond donors (Lipinski definition) is 2. The lowest BCUT2D eigenvalue weighted by molar-refractivity contribution is -0.121. The fourth-order valence-corrected chi connectivity index (χ4v) is 3.22. The van der Waals surface area contributed by atoms with Crippen LogP contribution in [0.15, 0.2) is 36.4 Å². The molecule has 34 heavy (non-hydrogen) atoms. The molecule has 0 bridgehead atoms. The third-order valence-electron chi connectivity index (χ3n) is 5.15. The molecule has 2 amide bonds. The van der Waals surface area contributed by atoms with Crippen molar-refractivity contribution >= 4 is 17.6 Å². The number of amides is 2. The Labute approximate surface area is 198 Å². The van der Waals surface area contributed by atoms with Gasteiger partial charge in [0.05, 0.1) is 26.9 Å². The number of carbonyl (C=O) groups excluding carboxylic acids is 3. The standard InChI is InChI=1S/C25H30N2O7/c1-3-4-12-32-20-10-7-18(16-22(20)31-2)25(30)27-26-24(29)11-8-19(28)17-6-9-21-23(15-17)34-14-5-13-33-21/h6-7,9-10,15-16H,3-5,8,11-14H2,1-2H3,(H,26,29)(H,27,30). The maximum Gasteiger partial charge on any atom is 0.269 e. The first kappa shape index (κ1) is 24.9. The van der Waals surface area contributed by atoms with Gasteiger partial charge in [-0.05, 0) is 42.8 Å². The van der Waals surface area contributed by atoms with E-state index in [1.54, 1.807) is 30.3 Å². The van der Waals surface area contributed by atoms with Crippen molar-refractivity contribution in [1.29, 1.82) is 0 Å². The molecule has 3 rings (SSSR count). The molecule has 9 heteroatoms. The maximum absolute atomic E-state index is 12.5. The number of ketones is 1. The molecule has 2 aromatic carbocycles. The second kappa shape index (κ2) is 12.5. The molecular weight excluding hydrogens is 440 g/mol. The summed E-state index contributed by atoms with van der Waals surface area (Å²) in [6.07, 6.45) is 2.59. The fraction of sp³-hybridized carbons (Fsp3) is 0.400. The van der Waals surface area contributed by atoms with E-state index in [-0.39, 0.29) is 18.6 Å². The van der Waals surface area contributed by atoms with Gasteiger partial charge >= 0.3 is 0 Å². The van der Waals surface area contributed by atoms with Crippen LogP contribution in [0.25, 0.3) is 0 Å². The van der Waals surface area contributed by atoms with Crippen molar-refractivity contribution in [3.63, 3.8) is 0 Å². The Bertz CT molecular complexity index is 1020. The number of nitrogens with one attached hydrogen (secondary N) is 2. The highest BCUT2D eigenvalue weighted by Gasteiger charge is 2.16. The Balaban J connectivity index is 1.47. The smallest absolute Gasteiger partial charge is 0.269 e. The van der Waals surface area contributed by atoms with Gasteiger partial charge in [-0.3, -0.25) is 25.2 Å². The minimum Gasteiger partial charge on any atom is -0.493 e. The van der Waals surface area contributed by atoms with Gasteiger partial charge in [0, 0.05) is 30.4 Å². The third kappa shape index (κ3) is 6.87. The summed E-state index contributed by atoms with van der Waals surface area (Å²) in [6, 6.07) is 9.75. The van der Waals surface area contributed by atoms with Gasteiger partial charge in [0.15, 0.2) is 28.8 Å². The van der Waals surface area contributed by atoms with Gasteiger partial charge in [-0.25, -0.2) is 0 Å². The molecule has 0 fully saturated rings. The van der Waals surface area contributed by atoms with Crippen molar-refractivity contribution in [2.75, 3.05) is 26.9 Å². The normalized spacial score (nSPS) is 12.3. The molecule has 182 valence electrons.